The number of piperidine rings is 1. The number of ether oxygens (including phenoxy) is 1. The van der Waals surface area contributed by atoms with E-state index in [2.05, 4.69) is 0 Å². The molecular formula is C23H39NO8P2. The normalized spacial score (nSPS) is 15.6. The van der Waals surface area contributed by atoms with Crippen LogP contribution < -0.4 is 0 Å². The van der Waals surface area contributed by atoms with Gasteiger partial charge < -0.3 is 27.7 Å². The predicted octanol–water partition coefficient (Wildman–Crippen LogP) is 6.28. The maximum atomic E-state index is 13.7. The Balaban J connectivity index is 2.07. The molecular weight excluding hydrogens is 480 g/mol. The Morgan fingerprint density at radius 1 is 0.882 bits per heavy atom. The Bertz CT molecular complexity index is 780. The Morgan fingerprint density at radius 2 is 1.35 bits per heavy atom. The minimum Gasteiger partial charge on any atom is -0.445 e. The highest BCUT2D eigenvalue weighted by Gasteiger charge is 2.51. The van der Waals surface area contributed by atoms with Crippen LogP contribution in [0.3, 0.4) is 0 Å². The highest BCUT2D eigenvalue weighted by atomic mass is 31.2. The van der Waals surface area contributed by atoms with E-state index in [4.69, 9.17) is 22.8 Å². The third-order valence-corrected chi connectivity index (χ3v) is 11.6. The van der Waals surface area contributed by atoms with Gasteiger partial charge >= 0.3 is 21.3 Å². The van der Waals surface area contributed by atoms with Gasteiger partial charge in [-0.3, -0.25) is 9.13 Å². The zero-order chi connectivity index (χ0) is 25.0. The zero-order valence-corrected chi connectivity index (χ0v) is 22.5. The van der Waals surface area contributed by atoms with E-state index in [-0.39, 0.29) is 45.0 Å². The number of carbonyl (C=O) groups excluding carboxylic acids is 1. The van der Waals surface area contributed by atoms with E-state index in [1.165, 1.54) is 0 Å². The van der Waals surface area contributed by atoms with Crippen molar-refractivity contribution in [1.29, 1.82) is 0 Å². The van der Waals surface area contributed by atoms with Crippen LogP contribution in [0.1, 0.15) is 52.5 Å². The highest BCUT2D eigenvalue weighted by molar-refractivity contribution is 7.72. The lowest BCUT2D eigenvalue weighted by molar-refractivity contribution is 0.0810. The minimum atomic E-state index is -3.77. The largest absolute Gasteiger partial charge is 0.445 e. The first-order chi connectivity index (χ1) is 16.3. The summed E-state index contributed by atoms with van der Waals surface area (Å²) < 4.78 is 55.1. The summed E-state index contributed by atoms with van der Waals surface area (Å²) in [7, 11) is -7.55. The molecule has 9 nitrogen and oxygen atoms in total. The van der Waals surface area contributed by atoms with E-state index in [1.54, 1.807) is 32.6 Å². The molecule has 1 amide bonds. The lowest BCUT2D eigenvalue weighted by Crippen LogP contribution is -2.39. The zero-order valence-electron chi connectivity index (χ0n) is 20.7. The third kappa shape index (κ3) is 8.18. The number of hydrogen-bond acceptors (Lipinski definition) is 8. The van der Waals surface area contributed by atoms with Gasteiger partial charge in [0.15, 0.2) is 5.40 Å². The molecule has 1 aliphatic heterocycles. The summed E-state index contributed by atoms with van der Waals surface area (Å²) in [4.78, 5) is 14.2. The first kappa shape index (κ1) is 29.0. The predicted molar refractivity (Wildman–Crippen MR) is 131 cm³/mol. The first-order valence-electron chi connectivity index (χ1n) is 12.0. The van der Waals surface area contributed by atoms with Gasteiger partial charge in [-0.2, -0.15) is 0 Å². The molecule has 1 aromatic rings. The summed E-state index contributed by atoms with van der Waals surface area (Å²) in [5, 5.41) is -1.03. The van der Waals surface area contributed by atoms with E-state index in [9.17, 15) is 13.9 Å². The van der Waals surface area contributed by atoms with Crippen LogP contribution in [0, 0.1) is 5.92 Å². The van der Waals surface area contributed by atoms with Crippen molar-refractivity contribution in [3.05, 3.63) is 35.9 Å². The number of hydrogen-bond donors (Lipinski definition) is 0. The summed E-state index contributed by atoms with van der Waals surface area (Å²) >= 11 is 0. The van der Waals surface area contributed by atoms with Crippen molar-refractivity contribution in [2.75, 3.05) is 39.5 Å². The van der Waals surface area contributed by atoms with Crippen molar-refractivity contribution in [3.8, 4) is 0 Å². The molecule has 0 bridgehead atoms. The Hall–Kier alpha value is -1.21. The molecule has 0 spiro atoms. The third-order valence-electron chi connectivity index (χ3n) is 5.59. The van der Waals surface area contributed by atoms with Crippen LogP contribution in [-0.2, 0) is 38.6 Å². The second kappa shape index (κ2) is 14.4. The van der Waals surface area contributed by atoms with Crippen LogP contribution in [-0.4, -0.2) is 55.9 Å². The second-order valence-electron chi connectivity index (χ2n) is 7.94. The highest BCUT2D eigenvalue weighted by Crippen LogP contribution is 2.72. The molecule has 0 unspecified atom stereocenters. The molecule has 0 aliphatic carbocycles. The fourth-order valence-electron chi connectivity index (χ4n) is 4.03. The SMILES string of the molecule is CCOP(=O)(OCC)C(CC1CCN(C(=O)OCc2ccccc2)CC1)P(=O)(OCC)OCC. The Kier molecular flexibility index (Phi) is 12.3. The number of benzene rings is 1. The van der Waals surface area contributed by atoms with E-state index >= 15 is 0 Å². The van der Waals surface area contributed by atoms with Gasteiger partial charge in [0.25, 0.3) is 0 Å². The van der Waals surface area contributed by atoms with Gasteiger partial charge in [-0.25, -0.2) is 4.79 Å². The van der Waals surface area contributed by atoms with E-state index in [0.29, 0.717) is 32.4 Å². The van der Waals surface area contributed by atoms with Crippen molar-refractivity contribution in [3.63, 3.8) is 0 Å². The van der Waals surface area contributed by atoms with Gasteiger partial charge in [0.05, 0.1) is 26.4 Å². The van der Waals surface area contributed by atoms with Gasteiger partial charge in [-0.15, -0.1) is 0 Å². The molecule has 1 saturated heterocycles. The minimum absolute atomic E-state index is 0.0478. The monoisotopic (exact) mass is 519 g/mol. The van der Waals surface area contributed by atoms with E-state index < -0.39 is 20.6 Å². The number of nitrogens with zero attached hydrogens (tertiary/aromatic N) is 1. The fourth-order valence-corrected chi connectivity index (χ4v) is 9.61. The Morgan fingerprint density at radius 3 is 1.79 bits per heavy atom. The molecule has 1 heterocycles. The quantitative estimate of drug-likeness (QED) is 0.265. The Labute approximate surface area is 203 Å². The average Bonchev–Trinajstić information content (AvgIpc) is 2.82. The van der Waals surface area contributed by atoms with Crippen molar-refractivity contribution in [2.24, 2.45) is 5.92 Å². The van der Waals surface area contributed by atoms with Gasteiger partial charge in [-0.05, 0) is 58.4 Å². The van der Waals surface area contributed by atoms with Crippen molar-refractivity contribution < 1.29 is 36.8 Å². The fraction of sp³-hybridized carbons (Fsp3) is 0.696. The molecule has 2 rings (SSSR count). The van der Waals surface area contributed by atoms with Crippen LogP contribution >= 0.6 is 15.2 Å². The lowest BCUT2D eigenvalue weighted by Gasteiger charge is -2.36. The van der Waals surface area contributed by atoms with Crippen LogP contribution in [0.5, 0.6) is 0 Å². The molecule has 194 valence electrons. The maximum absolute atomic E-state index is 13.7. The molecule has 0 saturated carbocycles. The van der Waals surface area contributed by atoms with E-state index in [1.807, 2.05) is 30.3 Å². The van der Waals surface area contributed by atoms with Gasteiger partial charge in [0.1, 0.15) is 6.61 Å². The summed E-state index contributed by atoms with van der Waals surface area (Å²) in [5.41, 5.74) is 0.929. The number of amides is 1. The van der Waals surface area contributed by atoms with E-state index in [0.717, 1.165) is 5.56 Å². The molecule has 0 radical (unpaired) electrons. The summed E-state index contributed by atoms with van der Waals surface area (Å²) in [5.74, 6) is 0.0478. The number of likely N-dealkylation sites (tertiary alicyclic amines) is 1. The van der Waals surface area contributed by atoms with Crippen LogP contribution in [0.2, 0.25) is 0 Å². The molecule has 34 heavy (non-hydrogen) atoms. The summed E-state index contributed by atoms with van der Waals surface area (Å²) in [6.07, 6.45) is 1.23. The van der Waals surface area contributed by atoms with Gasteiger partial charge in [-0.1, -0.05) is 30.3 Å². The number of carbonyl (C=O) groups is 1. The van der Waals surface area contributed by atoms with Crippen LogP contribution in [0.25, 0.3) is 0 Å². The van der Waals surface area contributed by atoms with Crippen molar-refractivity contribution in [1.82, 2.24) is 4.90 Å². The number of rotatable bonds is 14. The average molecular weight is 520 g/mol. The van der Waals surface area contributed by atoms with Crippen LogP contribution in [0.15, 0.2) is 30.3 Å². The van der Waals surface area contributed by atoms with Crippen molar-refractivity contribution >= 4 is 21.3 Å². The van der Waals surface area contributed by atoms with Gasteiger partial charge in [0, 0.05) is 13.1 Å². The summed E-state index contributed by atoms with van der Waals surface area (Å²) in [6, 6.07) is 9.53. The first-order valence-corrected chi connectivity index (χ1v) is 15.3. The molecule has 0 atom stereocenters. The maximum Gasteiger partial charge on any atom is 0.410 e. The molecule has 0 N–H and O–H groups in total. The molecule has 1 aliphatic rings. The lowest BCUT2D eigenvalue weighted by atomic mass is 9.94. The molecule has 1 aromatic carbocycles. The van der Waals surface area contributed by atoms with Crippen molar-refractivity contribution in [2.45, 2.75) is 59.0 Å². The smallest absolute Gasteiger partial charge is 0.410 e. The van der Waals surface area contributed by atoms with Gasteiger partial charge in [0.2, 0.25) is 0 Å². The standard InChI is InChI=1S/C23H39NO8P2/c1-5-29-33(26,30-6-2)22(34(27,31-7-3)32-8-4)18-20-14-16-24(17-15-20)23(25)28-19-21-12-10-9-11-13-21/h9-13,20,22H,5-8,14-19H2,1-4H3. The summed E-state index contributed by atoms with van der Waals surface area (Å²) in [6.45, 7) is 8.68. The molecule has 11 heteroatoms. The molecule has 0 aromatic heterocycles. The van der Waals surface area contributed by atoms with Crippen LogP contribution in [0.4, 0.5) is 4.79 Å². The topological polar surface area (TPSA) is 101 Å². The second-order valence-corrected chi connectivity index (χ2v) is 12.8. The molecule has 1 fully saturated rings.